The Kier molecular flexibility index (Phi) is 6.92. The molecule has 3 rings (SSSR count). The summed E-state index contributed by atoms with van der Waals surface area (Å²) in [5.74, 6) is 2.63. The van der Waals surface area contributed by atoms with E-state index in [1.165, 1.54) is 12.8 Å². The SMILES string of the molecule is CN=C(NCc1ncc(C)c(OC)c1C)NCC(c1ccco1)N1CCCC1. The second kappa shape index (κ2) is 9.59. The summed E-state index contributed by atoms with van der Waals surface area (Å²) in [7, 11) is 3.48. The fourth-order valence-electron chi connectivity index (χ4n) is 3.77. The summed E-state index contributed by atoms with van der Waals surface area (Å²) < 4.78 is 11.2. The first-order chi connectivity index (χ1) is 13.6. The van der Waals surface area contributed by atoms with Crippen molar-refractivity contribution >= 4 is 5.96 Å². The van der Waals surface area contributed by atoms with Crippen molar-refractivity contribution in [2.75, 3.05) is 33.8 Å². The van der Waals surface area contributed by atoms with Crippen molar-refractivity contribution in [1.29, 1.82) is 0 Å². The van der Waals surface area contributed by atoms with E-state index in [1.807, 2.05) is 32.2 Å². The number of aryl methyl sites for hydroxylation is 1. The van der Waals surface area contributed by atoms with Gasteiger partial charge in [-0.05, 0) is 51.9 Å². The number of nitrogens with one attached hydrogen (secondary N) is 2. The molecule has 3 heterocycles. The highest BCUT2D eigenvalue weighted by atomic mass is 16.5. The van der Waals surface area contributed by atoms with Gasteiger partial charge >= 0.3 is 0 Å². The molecule has 7 heteroatoms. The van der Waals surface area contributed by atoms with Crippen LogP contribution in [0.3, 0.4) is 0 Å². The quantitative estimate of drug-likeness (QED) is 0.564. The number of nitrogens with zero attached hydrogens (tertiary/aromatic N) is 3. The van der Waals surface area contributed by atoms with E-state index in [2.05, 4.69) is 25.5 Å². The monoisotopic (exact) mass is 385 g/mol. The van der Waals surface area contributed by atoms with Crippen LogP contribution in [-0.2, 0) is 6.54 Å². The number of rotatable bonds is 7. The summed E-state index contributed by atoms with van der Waals surface area (Å²) >= 11 is 0. The minimum Gasteiger partial charge on any atom is -0.496 e. The Morgan fingerprint density at radius 3 is 2.75 bits per heavy atom. The van der Waals surface area contributed by atoms with Gasteiger partial charge in [0.25, 0.3) is 0 Å². The molecule has 2 aromatic rings. The van der Waals surface area contributed by atoms with Crippen LogP contribution in [0, 0.1) is 13.8 Å². The van der Waals surface area contributed by atoms with Crippen molar-refractivity contribution in [3.05, 3.63) is 47.2 Å². The number of guanidine groups is 1. The van der Waals surface area contributed by atoms with Gasteiger partial charge in [0.2, 0.25) is 0 Å². The molecule has 0 radical (unpaired) electrons. The van der Waals surface area contributed by atoms with Gasteiger partial charge < -0.3 is 19.8 Å². The number of likely N-dealkylation sites (tertiary alicyclic amines) is 1. The number of ether oxygens (including phenoxy) is 1. The highest BCUT2D eigenvalue weighted by Gasteiger charge is 2.25. The van der Waals surface area contributed by atoms with Crippen molar-refractivity contribution < 1.29 is 9.15 Å². The first-order valence-corrected chi connectivity index (χ1v) is 9.85. The summed E-state index contributed by atoms with van der Waals surface area (Å²) in [6, 6.07) is 4.20. The highest BCUT2D eigenvalue weighted by molar-refractivity contribution is 5.79. The van der Waals surface area contributed by atoms with Crippen LogP contribution in [0.2, 0.25) is 0 Å². The predicted octanol–water partition coefficient (Wildman–Crippen LogP) is 2.80. The van der Waals surface area contributed by atoms with E-state index < -0.39 is 0 Å². The normalized spacial score (nSPS) is 16.2. The van der Waals surface area contributed by atoms with Gasteiger partial charge in [-0.25, -0.2) is 0 Å². The summed E-state index contributed by atoms with van der Waals surface area (Å²) in [6.07, 6.45) is 6.07. The number of aromatic nitrogens is 1. The Hall–Kier alpha value is -2.54. The summed E-state index contributed by atoms with van der Waals surface area (Å²) in [5.41, 5.74) is 3.04. The molecule has 0 aromatic carbocycles. The molecule has 0 spiro atoms. The van der Waals surface area contributed by atoms with Gasteiger partial charge in [-0.15, -0.1) is 0 Å². The third-order valence-corrected chi connectivity index (χ3v) is 5.31. The lowest BCUT2D eigenvalue weighted by Gasteiger charge is -2.26. The second-order valence-corrected chi connectivity index (χ2v) is 7.13. The van der Waals surface area contributed by atoms with Gasteiger partial charge in [-0.1, -0.05) is 0 Å². The van der Waals surface area contributed by atoms with Crippen LogP contribution in [0.5, 0.6) is 5.75 Å². The van der Waals surface area contributed by atoms with Crippen molar-refractivity contribution in [2.24, 2.45) is 4.99 Å². The fourth-order valence-corrected chi connectivity index (χ4v) is 3.77. The number of furan rings is 1. The van der Waals surface area contributed by atoms with E-state index in [4.69, 9.17) is 9.15 Å². The third kappa shape index (κ3) is 4.65. The molecule has 1 atom stereocenters. The Bertz CT molecular complexity index is 782. The lowest BCUT2D eigenvalue weighted by Crippen LogP contribution is -2.42. The molecule has 0 amide bonds. The van der Waals surface area contributed by atoms with E-state index in [1.54, 1.807) is 20.4 Å². The van der Waals surface area contributed by atoms with Crippen LogP contribution in [-0.4, -0.2) is 49.6 Å². The Morgan fingerprint density at radius 2 is 2.11 bits per heavy atom. The Morgan fingerprint density at radius 1 is 1.32 bits per heavy atom. The molecule has 0 bridgehead atoms. The summed E-state index contributed by atoms with van der Waals surface area (Å²) in [6.45, 7) is 7.56. The maximum absolute atomic E-state index is 5.69. The van der Waals surface area contributed by atoms with Crippen molar-refractivity contribution in [1.82, 2.24) is 20.5 Å². The lowest BCUT2D eigenvalue weighted by atomic mass is 10.1. The van der Waals surface area contributed by atoms with Gasteiger partial charge in [0.15, 0.2) is 5.96 Å². The molecule has 1 aliphatic rings. The van der Waals surface area contributed by atoms with E-state index in [9.17, 15) is 0 Å². The standard InChI is InChI=1S/C21H31N5O2/c1-15-12-23-17(16(2)20(15)27-4)13-24-21(22-3)25-14-18(19-8-7-11-28-19)26-9-5-6-10-26/h7-8,11-12,18H,5-6,9-10,13-14H2,1-4H3,(H2,22,24,25). The van der Waals surface area contributed by atoms with Crippen LogP contribution in [0.4, 0.5) is 0 Å². The molecule has 0 saturated carbocycles. The van der Waals surface area contributed by atoms with Gasteiger partial charge in [0, 0.05) is 30.9 Å². The summed E-state index contributed by atoms with van der Waals surface area (Å²) in [4.78, 5) is 11.4. The number of hydrogen-bond donors (Lipinski definition) is 2. The Labute approximate surface area is 167 Å². The minimum atomic E-state index is 0.204. The van der Waals surface area contributed by atoms with Crippen molar-refractivity contribution in [3.8, 4) is 5.75 Å². The zero-order valence-corrected chi connectivity index (χ0v) is 17.3. The molecule has 0 aliphatic carbocycles. The number of methoxy groups -OCH3 is 1. The maximum atomic E-state index is 5.69. The molecular formula is C21H31N5O2. The fraction of sp³-hybridized carbons (Fsp3) is 0.524. The van der Waals surface area contributed by atoms with E-state index in [0.717, 1.165) is 53.9 Å². The van der Waals surface area contributed by atoms with E-state index in [-0.39, 0.29) is 6.04 Å². The maximum Gasteiger partial charge on any atom is 0.191 e. The molecule has 2 aromatic heterocycles. The zero-order chi connectivity index (χ0) is 19.9. The first kappa shape index (κ1) is 20.2. The number of hydrogen-bond acceptors (Lipinski definition) is 5. The third-order valence-electron chi connectivity index (χ3n) is 5.31. The van der Waals surface area contributed by atoms with Gasteiger partial charge in [-0.2, -0.15) is 0 Å². The summed E-state index contributed by atoms with van der Waals surface area (Å²) in [5, 5.41) is 6.80. The first-order valence-electron chi connectivity index (χ1n) is 9.85. The van der Waals surface area contributed by atoms with E-state index >= 15 is 0 Å². The molecule has 1 aliphatic heterocycles. The van der Waals surface area contributed by atoms with Crippen LogP contribution >= 0.6 is 0 Å². The minimum absolute atomic E-state index is 0.204. The lowest BCUT2D eigenvalue weighted by molar-refractivity contribution is 0.215. The molecule has 2 N–H and O–H groups in total. The van der Waals surface area contributed by atoms with Crippen LogP contribution in [0.15, 0.2) is 34.0 Å². The molecule has 152 valence electrons. The molecule has 1 fully saturated rings. The predicted molar refractivity (Wildman–Crippen MR) is 111 cm³/mol. The topological polar surface area (TPSA) is 74.9 Å². The molecular weight excluding hydrogens is 354 g/mol. The van der Waals surface area contributed by atoms with Crippen molar-refractivity contribution in [2.45, 2.75) is 39.3 Å². The van der Waals surface area contributed by atoms with Crippen LogP contribution in [0.25, 0.3) is 0 Å². The molecule has 1 saturated heterocycles. The Balaban J connectivity index is 1.61. The smallest absolute Gasteiger partial charge is 0.191 e. The van der Waals surface area contributed by atoms with Gasteiger partial charge in [0.1, 0.15) is 11.5 Å². The number of pyridine rings is 1. The average Bonchev–Trinajstić information content (AvgIpc) is 3.41. The van der Waals surface area contributed by atoms with Crippen molar-refractivity contribution in [3.63, 3.8) is 0 Å². The zero-order valence-electron chi connectivity index (χ0n) is 17.3. The second-order valence-electron chi connectivity index (χ2n) is 7.13. The average molecular weight is 386 g/mol. The largest absolute Gasteiger partial charge is 0.496 e. The molecule has 28 heavy (non-hydrogen) atoms. The molecule has 1 unspecified atom stereocenters. The molecule has 7 nitrogen and oxygen atoms in total. The van der Waals surface area contributed by atoms with Gasteiger partial charge in [-0.3, -0.25) is 14.9 Å². The highest BCUT2D eigenvalue weighted by Crippen LogP contribution is 2.25. The van der Waals surface area contributed by atoms with Gasteiger partial charge in [0.05, 0.1) is 31.7 Å². The van der Waals surface area contributed by atoms with Crippen LogP contribution in [0.1, 0.15) is 41.5 Å². The number of aliphatic imine (C=N–C) groups is 1. The van der Waals surface area contributed by atoms with E-state index in [0.29, 0.717) is 6.54 Å². The van der Waals surface area contributed by atoms with Crippen LogP contribution < -0.4 is 15.4 Å².